The third kappa shape index (κ3) is 18.7. The van der Waals surface area contributed by atoms with E-state index in [1.807, 2.05) is 0 Å². The molecule has 0 heterocycles. The summed E-state index contributed by atoms with van der Waals surface area (Å²) in [5.74, 6) is 0.805. The molecule has 0 radical (unpaired) electrons. The molecule has 1 nitrogen and oxygen atoms in total. The molecule has 0 N–H and O–H groups in total. The van der Waals surface area contributed by atoms with Crippen molar-refractivity contribution in [2.45, 2.75) is 84.0 Å². The fourth-order valence-corrected chi connectivity index (χ4v) is 2.92. The van der Waals surface area contributed by atoms with E-state index < -0.39 is 0 Å². The molecule has 0 amide bonds. The highest BCUT2D eigenvalue weighted by atomic mass is 79.9. The van der Waals surface area contributed by atoms with E-state index in [1.54, 1.807) is 0 Å². The van der Waals surface area contributed by atoms with Crippen molar-refractivity contribution in [1.29, 1.82) is 0 Å². The van der Waals surface area contributed by atoms with Crippen molar-refractivity contribution in [2.75, 3.05) is 33.1 Å². The van der Waals surface area contributed by atoms with Crippen molar-refractivity contribution in [1.82, 2.24) is 0 Å². The van der Waals surface area contributed by atoms with Crippen molar-refractivity contribution in [2.24, 2.45) is 0 Å². The molecule has 3 heteroatoms. The van der Waals surface area contributed by atoms with Gasteiger partial charge in [0, 0.05) is 12.3 Å². The molecular formula is C18H39BrClN. The Balaban J connectivity index is 0. The molecule has 0 spiro atoms. The monoisotopic (exact) mass is 383 g/mol. The number of hydrogen-bond acceptors (Lipinski definition) is 0. The van der Waals surface area contributed by atoms with Crippen LogP contribution in [-0.4, -0.2) is 37.5 Å². The average molecular weight is 385 g/mol. The maximum Gasteiger partial charge on any atom is 0.0794 e. The summed E-state index contributed by atoms with van der Waals surface area (Å²) in [6, 6.07) is 0. The molecule has 0 bridgehead atoms. The molecule has 0 aliphatic carbocycles. The van der Waals surface area contributed by atoms with Gasteiger partial charge in [0.2, 0.25) is 0 Å². The summed E-state index contributed by atoms with van der Waals surface area (Å²) < 4.78 is 1.14. The fraction of sp³-hybridized carbons (Fsp3) is 1.00. The average Bonchev–Trinajstić information content (AvgIpc) is 2.42. The van der Waals surface area contributed by atoms with Gasteiger partial charge < -0.3 is 21.5 Å². The molecule has 0 saturated carbocycles. The van der Waals surface area contributed by atoms with E-state index in [1.165, 1.54) is 83.7 Å². The minimum atomic E-state index is 0. The van der Waals surface area contributed by atoms with Crippen molar-refractivity contribution >= 4 is 11.6 Å². The fourth-order valence-electron chi connectivity index (χ4n) is 2.80. The largest absolute Gasteiger partial charge is 1.00 e. The molecule has 0 saturated heterocycles. The Labute approximate surface area is 150 Å². The molecule has 130 valence electrons. The van der Waals surface area contributed by atoms with Gasteiger partial charge in [-0.05, 0) is 12.8 Å². The van der Waals surface area contributed by atoms with Crippen molar-refractivity contribution in [3.8, 4) is 0 Å². The predicted octanol–water partition coefficient (Wildman–Crippen LogP) is 3.01. The zero-order valence-corrected chi connectivity index (χ0v) is 17.2. The number of halogens is 2. The minimum Gasteiger partial charge on any atom is -1.00 e. The molecule has 0 aromatic rings. The van der Waals surface area contributed by atoms with Crippen molar-refractivity contribution in [3.63, 3.8) is 0 Å². The summed E-state index contributed by atoms with van der Waals surface area (Å²) in [7, 11) is 4.67. The molecular weight excluding hydrogens is 346 g/mol. The van der Waals surface area contributed by atoms with Crippen LogP contribution in [0.25, 0.3) is 0 Å². The molecule has 0 fully saturated rings. The maximum atomic E-state index is 5.77. The van der Waals surface area contributed by atoms with E-state index in [0.717, 1.165) is 16.8 Å². The second kappa shape index (κ2) is 17.1. The van der Waals surface area contributed by atoms with Crippen LogP contribution < -0.4 is 17.0 Å². The predicted molar refractivity (Wildman–Crippen MR) is 93.6 cm³/mol. The number of alkyl halides is 1. The normalized spacial score (nSPS) is 11.4. The highest BCUT2D eigenvalue weighted by molar-refractivity contribution is 6.17. The molecule has 0 aromatic carbocycles. The lowest BCUT2D eigenvalue weighted by atomic mass is 10.1. The van der Waals surface area contributed by atoms with E-state index in [2.05, 4.69) is 21.0 Å². The van der Waals surface area contributed by atoms with Crippen LogP contribution in [0.4, 0.5) is 0 Å². The number of rotatable bonds is 15. The molecule has 0 aliphatic rings. The van der Waals surface area contributed by atoms with Crippen LogP contribution in [0.5, 0.6) is 0 Å². The highest BCUT2D eigenvalue weighted by Crippen LogP contribution is 2.12. The van der Waals surface area contributed by atoms with Gasteiger partial charge in [0.1, 0.15) is 0 Å². The first-order chi connectivity index (χ1) is 9.62. The van der Waals surface area contributed by atoms with Crippen LogP contribution in [0.2, 0.25) is 0 Å². The van der Waals surface area contributed by atoms with Crippen LogP contribution in [0.1, 0.15) is 84.0 Å². The lowest BCUT2D eigenvalue weighted by Gasteiger charge is -2.29. The number of nitrogens with zero attached hydrogens (tertiary/aromatic N) is 1. The third-order valence-electron chi connectivity index (χ3n) is 4.26. The van der Waals surface area contributed by atoms with Gasteiger partial charge in [-0.3, -0.25) is 0 Å². The molecule has 0 aliphatic heterocycles. The Morgan fingerprint density at radius 2 is 1.00 bits per heavy atom. The topological polar surface area (TPSA) is 0 Å². The lowest BCUT2D eigenvalue weighted by molar-refractivity contribution is -0.890. The van der Waals surface area contributed by atoms with Crippen molar-refractivity contribution < 1.29 is 21.5 Å². The first-order valence-corrected chi connectivity index (χ1v) is 9.54. The van der Waals surface area contributed by atoms with E-state index >= 15 is 0 Å². The third-order valence-corrected chi connectivity index (χ3v) is 4.53. The zero-order chi connectivity index (χ0) is 15.1. The van der Waals surface area contributed by atoms with Gasteiger partial charge in [-0.15, -0.1) is 11.6 Å². The van der Waals surface area contributed by atoms with E-state index in [0.29, 0.717) is 0 Å². The Morgan fingerprint density at radius 3 is 1.43 bits per heavy atom. The van der Waals surface area contributed by atoms with Gasteiger partial charge >= 0.3 is 0 Å². The van der Waals surface area contributed by atoms with Gasteiger partial charge in [-0.2, -0.15) is 0 Å². The van der Waals surface area contributed by atoms with Crippen LogP contribution in [-0.2, 0) is 0 Å². The summed E-state index contributed by atoms with van der Waals surface area (Å²) in [6.07, 6.45) is 16.9. The quantitative estimate of drug-likeness (QED) is 0.231. The molecule has 0 atom stereocenters. The van der Waals surface area contributed by atoms with Gasteiger partial charge in [0.05, 0.1) is 27.2 Å². The molecule has 0 rings (SSSR count). The number of unbranched alkanes of at least 4 members (excludes halogenated alkanes) is 10. The summed E-state index contributed by atoms with van der Waals surface area (Å²) in [5, 5.41) is 0. The van der Waals surface area contributed by atoms with Crippen LogP contribution in [0, 0.1) is 0 Å². The summed E-state index contributed by atoms with van der Waals surface area (Å²) in [6.45, 7) is 4.82. The van der Waals surface area contributed by atoms with Crippen LogP contribution in [0.15, 0.2) is 0 Å². The first kappa shape index (κ1) is 24.0. The first-order valence-electron chi connectivity index (χ1n) is 9.00. The number of quaternary nitrogens is 1. The van der Waals surface area contributed by atoms with Gasteiger partial charge in [0.25, 0.3) is 0 Å². The molecule has 0 aromatic heterocycles. The standard InChI is InChI=1S/C18H39ClN.BrH/c1-4-5-6-7-8-9-10-11-12-13-14-17-20(2,3)18-15-16-19;/h4-18H2,1-3H3;1H/q+1;/p-1. The Hall–Kier alpha value is 0.730. The Morgan fingerprint density at radius 1 is 0.619 bits per heavy atom. The van der Waals surface area contributed by atoms with E-state index in [9.17, 15) is 0 Å². The Bertz CT molecular complexity index is 198. The second-order valence-corrected chi connectivity index (χ2v) is 7.34. The summed E-state index contributed by atoms with van der Waals surface area (Å²) >= 11 is 5.77. The second-order valence-electron chi connectivity index (χ2n) is 6.96. The lowest BCUT2D eigenvalue weighted by Crippen LogP contribution is -3.00. The molecule has 0 unspecified atom stereocenters. The van der Waals surface area contributed by atoms with E-state index in [-0.39, 0.29) is 17.0 Å². The Kier molecular flexibility index (Phi) is 19.5. The number of hydrogen-bond donors (Lipinski definition) is 0. The smallest absolute Gasteiger partial charge is 0.0794 e. The summed E-state index contributed by atoms with van der Waals surface area (Å²) in [4.78, 5) is 0. The maximum absolute atomic E-state index is 5.77. The van der Waals surface area contributed by atoms with Gasteiger partial charge in [-0.25, -0.2) is 0 Å². The van der Waals surface area contributed by atoms with Crippen molar-refractivity contribution in [3.05, 3.63) is 0 Å². The summed E-state index contributed by atoms with van der Waals surface area (Å²) in [5.41, 5.74) is 0. The van der Waals surface area contributed by atoms with Gasteiger partial charge in [0.15, 0.2) is 0 Å². The molecule has 21 heavy (non-hydrogen) atoms. The minimum absolute atomic E-state index is 0. The van der Waals surface area contributed by atoms with Gasteiger partial charge in [-0.1, -0.05) is 64.7 Å². The highest BCUT2D eigenvalue weighted by Gasteiger charge is 2.12. The van der Waals surface area contributed by atoms with E-state index in [4.69, 9.17) is 11.6 Å². The zero-order valence-electron chi connectivity index (χ0n) is 14.8. The SMILES string of the molecule is CCCCCCCCCCCCC[N+](C)(C)CCCCl.[Br-]. The van der Waals surface area contributed by atoms with Crippen LogP contribution >= 0.6 is 11.6 Å². The van der Waals surface area contributed by atoms with Crippen LogP contribution in [0.3, 0.4) is 0 Å².